The zero-order valence-corrected chi connectivity index (χ0v) is 23.3. The fourth-order valence-corrected chi connectivity index (χ4v) is 7.34. The number of pyridine rings is 2. The first-order valence-electron chi connectivity index (χ1n) is 13.6. The van der Waals surface area contributed by atoms with Gasteiger partial charge < -0.3 is 15.0 Å². The van der Waals surface area contributed by atoms with Gasteiger partial charge in [-0.25, -0.2) is 18.4 Å². The highest BCUT2D eigenvalue weighted by atomic mass is 35.5. The maximum absolute atomic E-state index is 12.8. The number of rotatable bonds is 8. The van der Waals surface area contributed by atoms with Crippen LogP contribution in [0.2, 0.25) is 5.02 Å². The van der Waals surface area contributed by atoms with Crippen LogP contribution in [0.4, 0.5) is 17.2 Å². The Bertz CT molecular complexity index is 1730. The van der Waals surface area contributed by atoms with Crippen LogP contribution in [0.1, 0.15) is 54.3 Å². The Morgan fingerprint density at radius 3 is 2.75 bits per heavy atom. The number of carbonyl (C=O) groups excluding carboxylic acids is 1. The lowest BCUT2D eigenvalue weighted by atomic mass is 10.1. The van der Waals surface area contributed by atoms with Gasteiger partial charge in [-0.1, -0.05) is 23.7 Å². The molecule has 0 bridgehead atoms. The van der Waals surface area contributed by atoms with Crippen molar-refractivity contribution in [2.24, 2.45) is 5.92 Å². The van der Waals surface area contributed by atoms with Gasteiger partial charge in [0.2, 0.25) is 15.9 Å². The second-order valence-corrected chi connectivity index (χ2v) is 13.4. The summed E-state index contributed by atoms with van der Waals surface area (Å²) < 4.78 is 28.9. The van der Waals surface area contributed by atoms with Crippen LogP contribution in [0.25, 0.3) is 5.65 Å². The van der Waals surface area contributed by atoms with Crippen molar-refractivity contribution in [3.63, 3.8) is 0 Å². The molecule has 206 valence electrons. The van der Waals surface area contributed by atoms with Gasteiger partial charge in [-0.2, -0.15) is 0 Å². The molecule has 40 heavy (non-hydrogen) atoms. The van der Waals surface area contributed by atoms with Crippen molar-refractivity contribution >= 4 is 50.4 Å². The summed E-state index contributed by atoms with van der Waals surface area (Å²) in [4.78, 5) is 22.0. The van der Waals surface area contributed by atoms with E-state index in [4.69, 9.17) is 16.6 Å². The van der Waals surface area contributed by atoms with E-state index in [1.807, 2.05) is 47.0 Å². The van der Waals surface area contributed by atoms with Gasteiger partial charge >= 0.3 is 0 Å². The number of anilines is 3. The third-order valence-electron chi connectivity index (χ3n) is 7.91. The number of nitrogens with zero attached hydrogens (tertiary/aromatic N) is 4. The number of benzene rings is 1. The van der Waals surface area contributed by atoms with E-state index in [0.29, 0.717) is 47.6 Å². The predicted molar refractivity (Wildman–Crippen MR) is 155 cm³/mol. The summed E-state index contributed by atoms with van der Waals surface area (Å²) in [7, 11) is -3.32. The molecule has 11 heteroatoms. The standard InChI is InChI=1S/C29H29ClN6O3S/c30-21-4-1-3-19(11-21)24-14-25(24)29(37)34-27-13-22(7-8-31-27)32-15-23-17-35-16-20(18-5-6-18)12-26(28(35)33-23)36-9-2-10-40(36,38)39/h1,3-4,7-8,11-13,16-18,24-25H,2,5-6,9-10,14-15H2,(H2,31,32,34,37)/t24-,25+/m1/s1. The van der Waals surface area contributed by atoms with E-state index in [2.05, 4.69) is 21.8 Å². The highest BCUT2D eigenvalue weighted by Gasteiger charge is 2.44. The summed E-state index contributed by atoms with van der Waals surface area (Å²) >= 11 is 6.11. The van der Waals surface area contributed by atoms with Crippen molar-refractivity contribution in [3.05, 3.63) is 82.9 Å². The molecule has 9 nitrogen and oxygen atoms in total. The number of hydrogen-bond donors (Lipinski definition) is 2. The maximum atomic E-state index is 12.8. The predicted octanol–water partition coefficient (Wildman–Crippen LogP) is 5.15. The van der Waals surface area contributed by atoms with Crippen molar-refractivity contribution in [3.8, 4) is 0 Å². The molecule has 0 unspecified atom stereocenters. The largest absolute Gasteiger partial charge is 0.379 e. The second kappa shape index (κ2) is 9.78. The lowest BCUT2D eigenvalue weighted by molar-refractivity contribution is -0.117. The average Bonchev–Trinajstić information content (AvgIpc) is 3.85. The molecule has 4 heterocycles. The molecule has 1 saturated heterocycles. The molecule has 3 aromatic heterocycles. The maximum Gasteiger partial charge on any atom is 0.235 e. The van der Waals surface area contributed by atoms with E-state index < -0.39 is 10.0 Å². The Balaban J connectivity index is 1.05. The van der Waals surface area contributed by atoms with E-state index in [9.17, 15) is 13.2 Å². The molecule has 2 saturated carbocycles. The molecule has 1 aromatic carbocycles. The Morgan fingerprint density at radius 2 is 1.98 bits per heavy atom. The van der Waals surface area contributed by atoms with Crippen LogP contribution in [0.15, 0.2) is 61.1 Å². The minimum Gasteiger partial charge on any atom is -0.379 e. The van der Waals surface area contributed by atoms with E-state index in [1.54, 1.807) is 12.3 Å². The molecule has 2 aliphatic carbocycles. The SMILES string of the molecule is O=C(Nc1cc(NCc2cn3cc(C4CC4)cc(N4CCCS4(=O)=O)c3n2)ccn1)[C@H]1C[C@@H]1c1cccc(Cl)c1. The number of imidazole rings is 1. The highest BCUT2D eigenvalue weighted by molar-refractivity contribution is 7.93. The molecule has 7 rings (SSSR count). The van der Waals surface area contributed by atoms with Crippen LogP contribution in [-0.2, 0) is 21.4 Å². The number of hydrogen-bond acceptors (Lipinski definition) is 6. The van der Waals surface area contributed by atoms with Gasteiger partial charge in [-0.05, 0) is 72.9 Å². The van der Waals surface area contributed by atoms with Crippen molar-refractivity contribution in [1.29, 1.82) is 0 Å². The van der Waals surface area contributed by atoms with E-state index in [-0.39, 0.29) is 23.5 Å². The summed E-state index contributed by atoms with van der Waals surface area (Å²) in [5, 5.41) is 6.98. The van der Waals surface area contributed by atoms with E-state index >= 15 is 0 Å². The topological polar surface area (TPSA) is 109 Å². The van der Waals surface area contributed by atoms with Gasteiger partial charge in [0.1, 0.15) is 5.82 Å². The first-order valence-corrected chi connectivity index (χ1v) is 15.6. The molecule has 2 atom stereocenters. The summed E-state index contributed by atoms with van der Waals surface area (Å²) in [5.41, 5.74) is 5.13. The van der Waals surface area contributed by atoms with Crippen LogP contribution in [-0.4, -0.2) is 41.0 Å². The quantitative estimate of drug-likeness (QED) is 0.300. The first-order chi connectivity index (χ1) is 19.3. The zero-order chi connectivity index (χ0) is 27.4. The molecular formula is C29H29ClN6O3S. The third-order valence-corrected chi connectivity index (χ3v) is 10.00. The van der Waals surface area contributed by atoms with Crippen LogP contribution in [0.3, 0.4) is 0 Å². The molecule has 4 aromatic rings. The second-order valence-electron chi connectivity index (χ2n) is 10.9. The normalized spacial score (nSPS) is 21.5. The first kappa shape index (κ1) is 25.3. The molecule has 0 spiro atoms. The van der Waals surface area contributed by atoms with Crippen LogP contribution >= 0.6 is 11.6 Å². The van der Waals surface area contributed by atoms with Gasteiger partial charge in [-0.3, -0.25) is 9.10 Å². The Hall–Kier alpha value is -3.63. The van der Waals surface area contributed by atoms with Gasteiger partial charge in [0.25, 0.3) is 0 Å². The number of aromatic nitrogens is 3. The fraction of sp³-hybridized carbons (Fsp3) is 0.345. The Kier molecular flexibility index (Phi) is 6.20. The lowest BCUT2D eigenvalue weighted by Crippen LogP contribution is -2.26. The number of carbonyl (C=O) groups is 1. The van der Waals surface area contributed by atoms with E-state index in [0.717, 1.165) is 41.8 Å². The minimum atomic E-state index is -3.32. The molecule has 2 N–H and O–H groups in total. The highest BCUT2D eigenvalue weighted by Crippen LogP contribution is 2.48. The van der Waals surface area contributed by atoms with Gasteiger partial charge in [0.15, 0.2) is 5.65 Å². The summed E-state index contributed by atoms with van der Waals surface area (Å²) in [6.45, 7) is 0.919. The minimum absolute atomic E-state index is 0.0502. The smallest absolute Gasteiger partial charge is 0.235 e. The van der Waals surface area contributed by atoms with Crippen LogP contribution < -0.4 is 14.9 Å². The third kappa shape index (κ3) is 5.01. The Morgan fingerprint density at radius 1 is 1.10 bits per heavy atom. The van der Waals surface area contributed by atoms with Crippen LogP contribution in [0.5, 0.6) is 0 Å². The molecule has 3 aliphatic rings. The number of sulfonamides is 1. The number of halogens is 1. The lowest BCUT2D eigenvalue weighted by Gasteiger charge is -2.18. The fourth-order valence-electron chi connectivity index (χ4n) is 5.58. The van der Waals surface area contributed by atoms with Crippen molar-refractivity contribution in [1.82, 2.24) is 14.4 Å². The molecule has 1 amide bonds. The monoisotopic (exact) mass is 576 g/mol. The van der Waals surface area contributed by atoms with Crippen molar-refractivity contribution < 1.29 is 13.2 Å². The van der Waals surface area contributed by atoms with Crippen molar-refractivity contribution in [2.75, 3.05) is 27.2 Å². The van der Waals surface area contributed by atoms with Gasteiger partial charge in [0.05, 0.1) is 23.7 Å². The summed E-state index contributed by atoms with van der Waals surface area (Å²) in [6.07, 6.45) is 9.35. The number of amides is 1. The van der Waals surface area contributed by atoms with Gasteiger partial charge in [0, 0.05) is 47.8 Å². The molecule has 1 aliphatic heterocycles. The number of fused-ring (bicyclic) bond motifs is 1. The zero-order valence-electron chi connectivity index (χ0n) is 21.8. The summed E-state index contributed by atoms with van der Waals surface area (Å²) in [5.74, 6) is 1.17. The van der Waals surface area contributed by atoms with Crippen LogP contribution in [0, 0.1) is 5.92 Å². The number of nitrogens with one attached hydrogen (secondary N) is 2. The molecular weight excluding hydrogens is 548 g/mol. The molecule has 3 fully saturated rings. The Labute approximate surface area is 237 Å². The van der Waals surface area contributed by atoms with Crippen molar-refractivity contribution in [2.45, 2.75) is 44.1 Å². The van der Waals surface area contributed by atoms with E-state index in [1.165, 1.54) is 4.31 Å². The van der Waals surface area contributed by atoms with Gasteiger partial charge in [-0.15, -0.1) is 0 Å². The molecule has 0 radical (unpaired) electrons. The summed E-state index contributed by atoms with van der Waals surface area (Å²) in [6, 6.07) is 13.3. The average molecular weight is 577 g/mol.